The molecule has 0 radical (unpaired) electrons. The van der Waals surface area contributed by atoms with Gasteiger partial charge in [0.1, 0.15) is 4.90 Å². The fraction of sp³-hybridized carbons (Fsp3) is 0.167. The minimum Gasteiger partial charge on any atom is -0.387 e. The van der Waals surface area contributed by atoms with E-state index in [-0.39, 0.29) is 16.5 Å². The molecule has 7 heteroatoms. The molecule has 1 atom stereocenters. The van der Waals surface area contributed by atoms with Crippen molar-refractivity contribution in [1.82, 2.24) is 4.72 Å². The molecule has 19 heavy (non-hydrogen) atoms. The fourth-order valence-electron chi connectivity index (χ4n) is 1.51. The molecule has 102 valence electrons. The molecular weight excluding hydrogens is 306 g/mol. The van der Waals surface area contributed by atoms with E-state index in [9.17, 15) is 13.5 Å². The second kappa shape index (κ2) is 6.02. The molecule has 1 heterocycles. The predicted octanol–water partition coefficient (Wildman–Crippen LogP) is 2.41. The summed E-state index contributed by atoms with van der Waals surface area (Å²) in [6.07, 6.45) is -0.872. The molecule has 1 aromatic carbocycles. The van der Waals surface area contributed by atoms with Gasteiger partial charge in [-0.3, -0.25) is 0 Å². The first-order valence-corrected chi connectivity index (χ1v) is 8.25. The maximum Gasteiger partial charge on any atom is 0.242 e. The van der Waals surface area contributed by atoms with Gasteiger partial charge in [-0.05, 0) is 34.5 Å². The summed E-state index contributed by atoms with van der Waals surface area (Å²) >= 11 is 7.29. The summed E-state index contributed by atoms with van der Waals surface area (Å²) in [5.41, 5.74) is 0.687. The van der Waals surface area contributed by atoms with E-state index < -0.39 is 16.1 Å². The van der Waals surface area contributed by atoms with E-state index in [1.54, 1.807) is 23.6 Å². The number of aliphatic hydroxyl groups is 1. The van der Waals surface area contributed by atoms with Crippen molar-refractivity contribution in [2.45, 2.75) is 11.0 Å². The van der Waals surface area contributed by atoms with Crippen molar-refractivity contribution in [3.8, 4) is 0 Å². The molecule has 0 saturated carbocycles. The quantitative estimate of drug-likeness (QED) is 0.890. The van der Waals surface area contributed by atoms with Crippen molar-refractivity contribution < 1.29 is 13.5 Å². The van der Waals surface area contributed by atoms with Gasteiger partial charge in [-0.15, -0.1) is 0 Å². The molecular formula is C12H12ClNO3S2. The zero-order valence-electron chi connectivity index (χ0n) is 9.78. The summed E-state index contributed by atoms with van der Waals surface area (Å²) < 4.78 is 26.4. The highest BCUT2D eigenvalue weighted by Crippen LogP contribution is 2.21. The van der Waals surface area contributed by atoms with Crippen molar-refractivity contribution >= 4 is 33.0 Å². The van der Waals surface area contributed by atoms with E-state index in [4.69, 9.17) is 11.6 Å². The molecule has 0 aliphatic rings. The smallest absolute Gasteiger partial charge is 0.242 e. The fourth-order valence-corrected chi connectivity index (χ4v) is 3.77. The lowest BCUT2D eigenvalue weighted by molar-refractivity contribution is 0.182. The van der Waals surface area contributed by atoms with Gasteiger partial charge < -0.3 is 5.11 Å². The molecule has 2 rings (SSSR count). The molecule has 2 aromatic rings. The van der Waals surface area contributed by atoms with Gasteiger partial charge in [0.15, 0.2) is 0 Å². The van der Waals surface area contributed by atoms with Crippen molar-refractivity contribution in [3.05, 3.63) is 51.7 Å². The van der Waals surface area contributed by atoms with E-state index in [0.29, 0.717) is 5.56 Å². The summed E-state index contributed by atoms with van der Waals surface area (Å²) in [6, 6.07) is 7.92. The Hall–Kier alpha value is -0.920. The Kier molecular flexibility index (Phi) is 4.59. The van der Waals surface area contributed by atoms with E-state index in [2.05, 4.69) is 4.72 Å². The first-order chi connectivity index (χ1) is 9.00. The van der Waals surface area contributed by atoms with Crippen LogP contribution < -0.4 is 4.72 Å². The first kappa shape index (κ1) is 14.5. The minimum absolute atomic E-state index is 0.00850. The second-order valence-corrected chi connectivity index (χ2v) is 6.78. The standard InChI is InChI=1S/C12H12ClNO3S2/c13-10-3-1-2-4-12(10)19(16,17)14-7-11(15)9-5-6-18-8-9/h1-6,8,11,14-15H,7H2/t11-/m0/s1. The van der Waals surface area contributed by atoms with Gasteiger partial charge in [-0.25, -0.2) is 13.1 Å². The molecule has 1 aromatic heterocycles. The Balaban J connectivity index is 2.09. The van der Waals surface area contributed by atoms with E-state index in [0.717, 1.165) is 0 Å². The van der Waals surface area contributed by atoms with Gasteiger partial charge in [0, 0.05) is 6.54 Å². The van der Waals surface area contributed by atoms with Crippen LogP contribution in [0.4, 0.5) is 0 Å². The monoisotopic (exact) mass is 317 g/mol. The Morgan fingerprint density at radius 2 is 2.05 bits per heavy atom. The van der Waals surface area contributed by atoms with Crippen LogP contribution in [0.3, 0.4) is 0 Å². The topological polar surface area (TPSA) is 66.4 Å². The summed E-state index contributed by atoms with van der Waals surface area (Å²) in [6.45, 7) is -0.0930. The SMILES string of the molecule is O=S(=O)(NC[C@H](O)c1ccsc1)c1ccccc1Cl. The number of rotatable bonds is 5. The highest BCUT2D eigenvalue weighted by atomic mass is 35.5. The maximum atomic E-state index is 12.0. The van der Waals surface area contributed by atoms with Gasteiger partial charge in [0.25, 0.3) is 0 Å². The number of hydrogen-bond acceptors (Lipinski definition) is 4. The third-order valence-electron chi connectivity index (χ3n) is 2.52. The van der Waals surface area contributed by atoms with Crippen molar-refractivity contribution in [1.29, 1.82) is 0 Å². The zero-order valence-corrected chi connectivity index (χ0v) is 12.2. The Morgan fingerprint density at radius 1 is 1.32 bits per heavy atom. The number of halogens is 1. The number of aliphatic hydroxyl groups excluding tert-OH is 1. The van der Waals surface area contributed by atoms with Crippen LogP contribution in [0, 0.1) is 0 Å². The van der Waals surface area contributed by atoms with E-state index in [1.165, 1.54) is 23.5 Å². The molecule has 4 nitrogen and oxygen atoms in total. The molecule has 0 fully saturated rings. The van der Waals surface area contributed by atoms with Crippen LogP contribution in [0.25, 0.3) is 0 Å². The van der Waals surface area contributed by atoms with Crippen molar-refractivity contribution in [2.24, 2.45) is 0 Å². The molecule has 0 aliphatic heterocycles. The Labute approximate surface area is 120 Å². The third kappa shape index (κ3) is 3.55. The molecule has 0 unspecified atom stereocenters. The number of benzene rings is 1. The molecule has 2 N–H and O–H groups in total. The van der Waals surface area contributed by atoms with Crippen LogP contribution in [0.1, 0.15) is 11.7 Å². The lowest BCUT2D eigenvalue weighted by Gasteiger charge is -2.11. The van der Waals surface area contributed by atoms with Crippen molar-refractivity contribution in [2.75, 3.05) is 6.54 Å². The van der Waals surface area contributed by atoms with Crippen molar-refractivity contribution in [3.63, 3.8) is 0 Å². The van der Waals surface area contributed by atoms with Gasteiger partial charge >= 0.3 is 0 Å². The summed E-state index contributed by atoms with van der Waals surface area (Å²) in [5, 5.41) is 13.6. The molecule has 0 saturated heterocycles. The minimum atomic E-state index is -3.72. The molecule has 0 amide bonds. The molecule has 0 spiro atoms. The van der Waals surface area contributed by atoms with Crippen LogP contribution >= 0.6 is 22.9 Å². The van der Waals surface area contributed by atoms with Crippen LogP contribution in [0.5, 0.6) is 0 Å². The summed E-state index contributed by atoms with van der Waals surface area (Å²) in [7, 11) is -3.72. The number of sulfonamides is 1. The highest BCUT2D eigenvalue weighted by Gasteiger charge is 2.19. The van der Waals surface area contributed by atoms with Gasteiger partial charge in [-0.2, -0.15) is 11.3 Å². The summed E-state index contributed by atoms with van der Waals surface area (Å²) in [5.74, 6) is 0. The van der Waals surface area contributed by atoms with Gasteiger partial charge in [0.2, 0.25) is 10.0 Å². The van der Waals surface area contributed by atoms with E-state index in [1.807, 2.05) is 5.38 Å². The van der Waals surface area contributed by atoms with Crippen LogP contribution in [0.2, 0.25) is 5.02 Å². The number of thiophene rings is 1. The van der Waals surface area contributed by atoms with E-state index >= 15 is 0 Å². The van der Waals surface area contributed by atoms with Crippen LogP contribution in [-0.4, -0.2) is 20.1 Å². The Bertz CT molecular complexity index is 641. The molecule has 0 bridgehead atoms. The normalized spacial score (nSPS) is 13.4. The number of nitrogens with one attached hydrogen (secondary N) is 1. The lowest BCUT2D eigenvalue weighted by atomic mass is 10.2. The lowest BCUT2D eigenvalue weighted by Crippen LogP contribution is -2.28. The largest absolute Gasteiger partial charge is 0.387 e. The zero-order chi connectivity index (χ0) is 13.9. The van der Waals surface area contributed by atoms with Crippen LogP contribution in [0.15, 0.2) is 46.0 Å². The maximum absolute atomic E-state index is 12.0. The predicted molar refractivity (Wildman–Crippen MR) is 75.9 cm³/mol. The third-order valence-corrected chi connectivity index (χ3v) is 5.15. The number of hydrogen-bond donors (Lipinski definition) is 2. The van der Waals surface area contributed by atoms with Gasteiger partial charge in [-0.1, -0.05) is 23.7 Å². The van der Waals surface area contributed by atoms with Crippen LogP contribution in [-0.2, 0) is 10.0 Å². The highest BCUT2D eigenvalue weighted by molar-refractivity contribution is 7.89. The first-order valence-electron chi connectivity index (χ1n) is 5.45. The summed E-state index contributed by atoms with van der Waals surface area (Å²) in [4.78, 5) is 0.00850. The Morgan fingerprint density at radius 3 is 2.68 bits per heavy atom. The van der Waals surface area contributed by atoms with Gasteiger partial charge in [0.05, 0.1) is 11.1 Å². The average Bonchev–Trinajstić information content (AvgIpc) is 2.90. The average molecular weight is 318 g/mol. The second-order valence-electron chi connectivity index (χ2n) is 3.85. The molecule has 0 aliphatic carbocycles.